The highest BCUT2D eigenvalue weighted by Gasteiger charge is 2.17. The van der Waals surface area contributed by atoms with Gasteiger partial charge in [0.2, 0.25) is 21.1 Å². The Balaban J connectivity index is 1.99. The summed E-state index contributed by atoms with van der Waals surface area (Å²) in [4.78, 5) is 13.7. The van der Waals surface area contributed by atoms with E-state index in [2.05, 4.69) is 41.1 Å². The molecule has 2 aromatic carbocycles. The number of carbonyl (C=O) groups is 1. The predicted molar refractivity (Wildman–Crippen MR) is 104 cm³/mol. The lowest BCUT2D eigenvalue weighted by atomic mass is 10.1. The van der Waals surface area contributed by atoms with E-state index in [0.29, 0.717) is 6.42 Å². The Labute approximate surface area is 152 Å². The molecule has 3 heteroatoms. The molecule has 3 rings (SSSR count). The molecule has 0 aliphatic carbocycles. The number of hydrogen-bond donors (Lipinski definition) is 0. The Hall–Kier alpha value is -2.78. The first-order valence-corrected chi connectivity index (χ1v) is 8.90. The maximum absolute atomic E-state index is 11.3. The highest BCUT2D eigenvalue weighted by molar-refractivity contribution is 7.18. The number of methoxy groups -OCH3 is 1. The SMILES string of the molecule is COC(=O)/C=C/Cc1cc(-c2ccccc2)[s+]c(-c2ccccc2)c1. The van der Waals surface area contributed by atoms with Crippen LogP contribution in [-0.2, 0) is 16.0 Å². The highest BCUT2D eigenvalue weighted by atomic mass is 32.1. The smallest absolute Gasteiger partial charge is 0.330 e. The second kappa shape index (κ2) is 8.36. The predicted octanol–water partition coefficient (Wildman–Crippen LogP) is 5.63. The van der Waals surface area contributed by atoms with Crippen molar-refractivity contribution in [1.82, 2.24) is 0 Å². The zero-order valence-corrected chi connectivity index (χ0v) is 14.8. The zero-order chi connectivity index (χ0) is 17.5. The molecule has 0 amide bonds. The molecule has 25 heavy (non-hydrogen) atoms. The number of carbonyl (C=O) groups excluding carboxylic acids is 1. The summed E-state index contributed by atoms with van der Waals surface area (Å²) in [6, 6.07) is 25.1. The van der Waals surface area contributed by atoms with Crippen molar-refractivity contribution in [2.75, 3.05) is 7.11 Å². The molecule has 0 saturated heterocycles. The average Bonchev–Trinajstić information content (AvgIpc) is 2.69. The molecule has 3 aromatic rings. The minimum Gasteiger partial charge on any atom is -0.466 e. The van der Waals surface area contributed by atoms with Gasteiger partial charge in [-0.05, 0) is 36.2 Å². The van der Waals surface area contributed by atoms with Crippen LogP contribution in [0.5, 0.6) is 0 Å². The summed E-state index contributed by atoms with van der Waals surface area (Å²) in [7, 11) is 1.39. The quantitative estimate of drug-likeness (QED) is 0.339. The van der Waals surface area contributed by atoms with Crippen molar-refractivity contribution >= 4 is 17.3 Å². The van der Waals surface area contributed by atoms with Gasteiger partial charge in [-0.3, -0.25) is 0 Å². The first kappa shape index (κ1) is 17.1. The van der Waals surface area contributed by atoms with Crippen molar-refractivity contribution in [3.8, 4) is 20.9 Å². The Morgan fingerprint density at radius 3 is 1.92 bits per heavy atom. The second-order valence-electron chi connectivity index (χ2n) is 5.56. The summed E-state index contributed by atoms with van der Waals surface area (Å²) < 4.78 is 4.65. The van der Waals surface area contributed by atoms with Crippen LogP contribution in [0.25, 0.3) is 20.9 Å². The lowest BCUT2D eigenvalue weighted by molar-refractivity contribution is -0.134. The number of benzene rings is 2. The number of rotatable bonds is 5. The normalized spacial score (nSPS) is 10.8. The van der Waals surface area contributed by atoms with Gasteiger partial charge >= 0.3 is 5.97 Å². The fourth-order valence-corrected chi connectivity index (χ4v) is 3.69. The zero-order valence-electron chi connectivity index (χ0n) is 14.0. The fourth-order valence-electron chi connectivity index (χ4n) is 2.52. The van der Waals surface area contributed by atoms with Crippen LogP contribution in [0, 0.1) is 0 Å². The Morgan fingerprint density at radius 1 is 0.920 bits per heavy atom. The molecule has 0 atom stereocenters. The third kappa shape index (κ3) is 4.61. The van der Waals surface area contributed by atoms with Gasteiger partial charge < -0.3 is 4.74 Å². The number of esters is 1. The summed E-state index contributed by atoms with van der Waals surface area (Å²) in [5.41, 5.74) is 3.56. The van der Waals surface area contributed by atoms with E-state index in [1.54, 1.807) is 11.3 Å². The van der Waals surface area contributed by atoms with Crippen molar-refractivity contribution < 1.29 is 9.53 Å². The molecule has 0 spiro atoms. The average molecular weight is 347 g/mol. The van der Waals surface area contributed by atoms with Crippen molar-refractivity contribution in [1.29, 1.82) is 0 Å². The molecule has 0 radical (unpaired) electrons. The first-order valence-electron chi connectivity index (χ1n) is 8.08. The minimum atomic E-state index is -0.328. The molecule has 0 saturated carbocycles. The molecule has 0 unspecified atom stereocenters. The summed E-state index contributed by atoms with van der Waals surface area (Å²) in [5.74, 6) is -0.328. The maximum atomic E-state index is 11.3. The van der Waals surface area contributed by atoms with Crippen molar-refractivity contribution in [3.63, 3.8) is 0 Å². The van der Waals surface area contributed by atoms with Crippen LogP contribution in [-0.4, -0.2) is 13.1 Å². The van der Waals surface area contributed by atoms with E-state index in [0.717, 1.165) is 5.56 Å². The van der Waals surface area contributed by atoms with Crippen LogP contribution in [0.4, 0.5) is 0 Å². The van der Waals surface area contributed by atoms with Crippen LogP contribution < -0.4 is 0 Å². The standard InChI is InChI=1S/C22H19O2S/c1-24-22(23)14-8-9-17-15-20(18-10-4-2-5-11-18)25-21(16-17)19-12-6-3-7-13-19/h2-8,10-16H,9H2,1H3/q+1/b14-8+. The van der Waals surface area contributed by atoms with Gasteiger partial charge in [0.25, 0.3) is 0 Å². The van der Waals surface area contributed by atoms with Crippen LogP contribution >= 0.6 is 11.3 Å². The van der Waals surface area contributed by atoms with Crippen LogP contribution in [0.1, 0.15) is 5.56 Å². The van der Waals surface area contributed by atoms with Crippen molar-refractivity contribution in [2.24, 2.45) is 0 Å². The molecule has 0 fully saturated rings. The van der Waals surface area contributed by atoms with Gasteiger partial charge in [-0.15, -0.1) is 0 Å². The van der Waals surface area contributed by atoms with Gasteiger partial charge in [-0.25, -0.2) is 4.79 Å². The Bertz CT molecular complexity index is 813. The van der Waals surface area contributed by atoms with Gasteiger partial charge in [-0.2, -0.15) is 0 Å². The molecule has 0 N–H and O–H groups in total. The monoisotopic (exact) mass is 347 g/mol. The van der Waals surface area contributed by atoms with Crippen LogP contribution in [0.3, 0.4) is 0 Å². The maximum Gasteiger partial charge on any atom is 0.330 e. The van der Waals surface area contributed by atoms with E-state index in [1.807, 2.05) is 42.5 Å². The molecule has 0 aliphatic rings. The Morgan fingerprint density at radius 2 is 1.44 bits per heavy atom. The van der Waals surface area contributed by atoms with E-state index < -0.39 is 0 Å². The van der Waals surface area contributed by atoms with E-state index in [9.17, 15) is 4.79 Å². The van der Waals surface area contributed by atoms with Crippen LogP contribution in [0.15, 0.2) is 84.9 Å². The molecule has 1 heterocycles. The van der Waals surface area contributed by atoms with E-state index in [1.165, 1.54) is 34.1 Å². The second-order valence-corrected chi connectivity index (χ2v) is 6.64. The third-order valence-corrected chi connectivity index (χ3v) is 4.93. The summed E-state index contributed by atoms with van der Waals surface area (Å²) in [6.07, 6.45) is 4.00. The lowest BCUT2D eigenvalue weighted by Gasteiger charge is -2.00. The van der Waals surface area contributed by atoms with Gasteiger partial charge in [0, 0.05) is 29.3 Å². The number of ether oxygens (including phenoxy) is 1. The highest BCUT2D eigenvalue weighted by Crippen LogP contribution is 2.34. The fraction of sp³-hybridized carbons (Fsp3) is 0.0909. The topological polar surface area (TPSA) is 26.3 Å². The molecular weight excluding hydrogens is 328 g/mol. The number of allylic oxidation sites excluding steroid dienone is 1. The van der Waals surface area contributed by atoms with E-state index in [4.69, 9.17) is 0 Å². The molecule has 124 valence electrons. The van der Waals surface area contributed by atoms with Gasteiger partial charge in [0.1, 0.15) is 0 Å². The van der Waals surface area contributed by atoms with Gasteiger partial charge in [0.05, 0.1) is 7.11 Å². The molecular formula is C22H19O2S+. The largest absolute Gasteiger partial charge is 0.466 e. The molecule has 0 bridgehead atoms. The van der Waals surface area contributed by atoms with E-state index in [-0.39, 0.29) is 5.97 Å². The van der Waals surface area contributed by atoms with Gasteiger partial charge in [-0.1, -0.05) is 42.5 Å². The Kier molecular flexibility index (Phi) is 5.70. The van der Waals surface area contributed by atoms with Crippen molar-refractivity contribution in [3.05, 3.63) is 90.5 Å². The summed E-state index contributed by atoms with van der Waals surface area (Å²) in [6.45, 7) is 0. The third-order valence-electron chi connectivity index (χ3n) is 3.78. The van der Waals surface area contributed by atoms with E-state index >= 15 is 0 Å². The first-order chi connectivity index (χ1) is 12.3. The minimum absolute atomic E-state index is 0.328. The summed E-state index contributed by atoms with van der Waals surface area (Å²) >= 11 is 1.77. The lowest BCUT2D eigenvalue weighted by Crippen LogP contribution is -1.94. The van der Waals surface area contributed by atoms with Gasteiger partial charge in [0.15, 0.2) is 0 Å². The molecule has 2 nitrogen and oxygen atoms in total. The molecule has 0 aliphatic heterocycles. The van der Waals surface area contributed by atoms with Crippen LogP contribution in [0.2, 0.25) is 0 Å². The summed E-state index contributed by atoms with van der Waals surface area (Å²) in [5, 5.41) is 0. The van der Waals surface area contributed by atoms with Crippen molar-refractivity contribution in [2.45, 2.75) is 6.42 Å². The number of hydrogen-bond acceptors (Lipinski definition) is 2. The molecule has 1 aromatic heterocycles.